The van der Waals surface area contributed by atoms with Gasteiger partial charge in [-0.05, 0) is 12.1 Å². The Labute approximate surface area is 121 Å². The molecule has 2 heterocycles. The number of anilines is 2. The van der Waals surface area contributed by atoms with Crippen LogP contribution in [0.4, 0.5) is 16.2 Å². The van der Waals surface area contributed by atoms with Gasteiger partial charge in [0.05, 0.1) is 27.5 Å². The maximum Gasteiger partial charge on any atom is 0.317 e. The quantitative estimate of drug-likeness (QED) is 0.777. The number of nitrogens with two attached hydrogens (primary N) is 1. The second-order valence-electron chi connectivity index (χ2n) is 4.80. The summed E-state index contributed by atoms with van der Waals surface area (Å²) in [6.45, 7) is 2.86. The number of hydrogen-bond donors (Lipinski definition) is 2. The van der Waals surface area contributed by atoms with Gasteiger partial charge in [0.2, 0.25) is 0 Å². The Morgan fingerprint density at radius 1 is 1.26 bits per heavy atom. The number of urea groups is 1. The van der Waals surface area contributed by atoms with E-state index in [0.717, 1.165) is 18.8 Å². The average molecular weight is 301 g/mol. The fraction of sp³-hybridized carbons (Fsp3) is 0.417. The summed E-state index contributed by atoms with van der Waals surface area (Å²) in [5, 5.41) is 3.80. The highest BCUT2D eigenvalue weighted by Crippen LogP contribution is 2.34. The molecule has 0 aliphatic carbocycles. The number of halogens is 2. The average Bonchev–Trinajstić information content (AvgIpc) is 2.75. The van der Waals surface area contributed by atoms with E-state index in [0.29, 0.717) is 28.8 Å². The molecular formula is C12H14Cl2N4O. The first-order chi connectivity index (χ1) is 9.06. The Morgan fingerprint density at radius 2 is 2.00 bits per heavy atom. The first-order valence-corrected chi connectivity index (χ1v) is 6.86. The van der Waals surface area contributed by atoms with E-state index in [9.17, 15) is 4.79 Å². The molecule has 2 amide bonds. The van der Waals surface area contributed by atoms with E-state index < -0.39 is 0 Å². The number of nitrogens with one attached hydrogen (secondary N) is 1. The van der Waals surface area contributed by atoms with Crippen LogP contribution >= 0.6 is 23.2 Å². The highest BCUT2D eigenvalue weighted by atomic mass is 35.5. The molecule has 0 aromatic heterocycles. The summed E-state index contributed by atoms with van der Waals surface area (Å²) in [6, 6.07) is 3.67. The smallest absolute Gasteiger partial charge is 0.317 e. The van der Waals surface area contributed by atoms with Gasteiger partial charge in [0.25, 0.3) is 0 Å². The molecule has 1 aromatic rings. The molecule has 3 rings (SSSR count). The van der Waals surface area contributed by atoms with Crippen molar-refractivity contribution in [2.45, 2.75) is 6.04 Å². The number of carbonyl (C=O) groups excluding carboxylic acids is 1. The molecule has 3 N–H and O–H groups in total. The number of nitrogen functional groups attached to an aromatic ring is 1. The van der Waals surface area contributed by atoms with E-state index >= 15 is 0 Å². The minimum absolute atomic E-state index is 0.0201. The largest absolute Gasteiger partial charge is 0.397 e. The third-order valence-corrected chi connectivity index (χ3v) is 4.36. The Bertz CT molecular complexity index is 537. The lowest BCUT2D eigenvalue weighted by Gasteiger charge is -2.38. The number of amides is 2. The zero-order chi connectivity index (χ0) is 13.6. The molecule has 0 saturated carbocycles. The van der Waals surface area contributed by atoms with Crippen LogP contribution in [0.1, 0.15) is 0 Å². The number of piperazine rings is 1. The lowest BCUT2D eigenvalue weighted by atomic mass is 10.1. The highest BCUT2D eigenvalue weighted by Gasteiger charge is 2.35. The molecule has 0 spiro atoms. The van der Waals surface area contributed by atoms with Crippen LogP contribution in [0.2, 0.25) is 10.0 Å². The molecule has 0 radical (unpaired) electrons. The van der Waals surface area contributed by atoms with Crippen LogP contribution < -0.4 is 16.0 Å². The first-order valence-electron chi connectivity index (χ1n) is 6.10. The van der Waals surface area contributed by atoms with Gasteiger partial charge in [-0.3, -0.25) is 0 Å². The van der Waals surface area contributed by atoms with Crippen molar-refractivity contribution in [2.24, 2.45) is 0 Å². The number of rotatable bonds is 1. The second kappa shape index (κ2) is 4.65. The van der Waals surface area contributed by atoms with Gasteiger partial charge in [-0.1, -0.05) is 23.2 Å². The van der Waals surface area contributed by atoms with Crippen LogP contribution in [0.3, 0.4) is 0 Å². The molecule has 2 aliphatic heterocycles. The SMILES string of the molecule is Nc1cc(Cl)c(Cl)cc1N1CCN2C(=O)NCC2C1. The van der Waals surface area contributed by atoms with Crippen molar-refractivity contribution in [3.8, 4) is 0 Å². The van der Waals surface area contributed by atoms with Gasteiger partial charge in [-0.2, -0.15) is 0 Å². The van der Waals surface area contributed by atoms with Crippen molar-refractivity contribution in [3.63, 3.8) is 0 Å². The summed E-state index contributed by atoms with van der Waals surface area (Å²) < 4.78 is 0. The van der Waals surface area contributed by atoms with Gasteiger partial charge in [0.15, 0.2) is 0 Å². The van der Waals surface area contributed by atoms with E-state index in [4.69, 9.17) is 28.9 Å². The molecule has 1 atom stereocenters. The first kappa shape index (κ1) is 12.7. The predicted molar refractivity (Wildman–Crippen MR) is 77.0 cm³/mol. The van der Waals surface area contributed by atoms with Gasteiger partial charge >= 0.3 is 6.03 Å². The monoisotopic (exact) mass is 300 g/mol. The van der Waals surface area contributed by atoms with Gasteiger partial charge in [0.1, 0.15) is 0 Å². The van der Waals surface area contributed by atoms with Crippen LogP contribution in [-0.4, -0.2) is 43.2 Å². The summed E-state index contributed by atoms with van der Waals surface area (Å²) in [5.74, 6) is 0. The molecule has 7 heteroatoms. The van der Waals surface area contributed by atoms with Crippen molar-refractivity contribution in [2.75, 3.05) is 36.8 Å². The molecule has 0 bridgehead atoms. The minimum Gasteiger partial charge on any atom is -0.397 e. The predicted octanol–water partition coefficient (Wildman–Crippen LogP) is 1.79. The lowest BCUT2D eigenvalue weighted by Crippen LogP contribution is -2.52. The van der Waals surface area contributed by atoms with Crippen LogP contribution in [0.15, 0.2) is 12.1 Å². The molecule has 2 aliphatic rings. The maximum atomic E-state index is 11.6. The van der Waals surface area contributed by atoms with E-state index in [2.05, 4.69) is 10.2 Å². The number of fused-ring (bicyclic) bond motifs is 1. The number of benzene rings is 1. The Kier molecular flexibility index (Phi) is 3.11. The highest BCUT2D eigenvalue weighted by molar-refractivity contribution is 6.42. The Morgan fingerprint density at radius 3 is 2.79 bits per heavy atom. The Hall–Kier alpha value is -1.33. The van der Waals surface area contributed by atoms with Crippen molar-refractivity contribution >= 4 is 40.6 Å². The topological polar surface area (TPSA) is 61.6 Å². The number of hydrogen-bond acceptors (Lipinski definition) is 3. The van der Waals surface area contributed by atoms with Gasteiger partial charge < -0.3 is 20.9 Å². The van der Waals surface area contributed by atoms with Crippen LogP contribution in [0.5, 0.6) is 0 Å². The standard InChI is InChI=1S/C12H14Cl2N4O/c13-8-3-10(15)11(4-9(8)14)17-1-2-18-7(6-17)5-16-12(18)19/h3-4,7H,1-2,5-6,15H2,(H,16,19). The van der Waals surface area contributed by atoms with Gasteiger partial charge in [-0.15, -0.1) is 0 Å². The molecule has 5 nitrogen and oxygen atoms in total. The van der Waals surface area contributed by atoms with Gasteiger partial charge in [0, 0.05) is 26.2 Å². The third-order valence-electron chi connectivity index (χ3n) is 3.64. The summed E-state index contributed by atoms with van der Waals surface area (Å²) in [5.41, 5.74) is 7.50. The van der Waals surface area contributed by atoms with E-state index in [1.54, 1.807) is 12.1 Å². The normalized spacial score (nSPS) is 22.4. The maximum absolute atomic E-state index is 11.6. The van der Waals surface area contributed by atoms with Crippen LogP contribution in [0.25, 0.3) is 0 Å². The zero-order valence-electron chi connectivity index (χ0n) is 10.2. The number of carbonyl (C=O) groups is 1. The lowest BCUT2D eigenvalue weighted by molar-refractivity contribution is 0.198. The Balaban J connectivity index is 1.84. The van der Waals surface area contributed by atoms with E-state index in [1.165, 1.54) is 0 Å². The van der Waals surface area contributed by atoms with Crippen LogP contribution in [-0.2, 0) is 0 Å². The van der Waals surface area contributed by atoms with E-state index in [-0.39, 0.29) is 12.1 Å². The molecular weight excluding hydrogens is 287 g/mol. The second-order valence-corrected chi connectivity index (χ2v) is 5.62. The number of nitrogens with zero attached hydrogens (tertiary/aromatic N) is 2. The fourth-order valence-corrected chi connectivity index (χ4v) is 2.98. The summed E-state index contributed by atoms with van der Waals surface area (Å²) >= 11 is 12.0. The molecule has 2 fully saturated rings. The third kappa shape index (κ3) is 2.17. The molecule has 1 unspecified atom stereocenters. The van der Waals surface area contributed by atoms with E-state index in [1.807, 2.05) is 4.90 Å². The molecule has 1 aromatic carbocycles. The summed E-state index contributed by atoms with van der Waals surface area (Å²) in [7, 11) is 0. The zero-order valence-corrected chi connectivity index (χ0v) is 11.7. The molecule has 102 valence electrons. The summed E-state index contributed by atoms with van der Waals surface area (Å²) in [4.78, 5) is 15.6. The van der Waals surface area contributed by atoms with Crippen molar-refractivity contribution < 1.29 is 4.79 Å². The summed E-state index contributed by atoms with van der Waals surface area (Å²) in [6.07, 6.45) is 0. The van der Waals surface area contributed by atoms with Crippen molar-refractivity contribution in [3.05, 3.63) is 22.2 Å². The fourth-order valence-electron chi connectivity index (χ4n) is 2.65. The molecule has 19 heavy (non-hydrogen) atoms. The molecule has 2 saturated heterocycles. The minimum atomic E-state index is 0.0201. The van der Waals surface area contributed by atoms with Crippen molar-refractivity contribution in [1.82, 2.24) is 10.2 Å². The van der Waals surface area contributed by atoms with Crippen LogP contribution in [0, 0.1) is 0 Å². The van der Waals surface area contributed by atoms with Gasteiger partial charge in [-0.25, -0.2) is 4.79 Å². The van der Waals surface area contributed by atoms with Crippen molar-refractivity contribution in [1.29, 1.82) is 0 Å².